The van der Waals surface area contributed by atoms with Crippen LogP contribution < -0.4 is 11.0 Å². The smallest absolute Gasteiger partial charge is 0.328 e. The first-order chi connectivity index (χ1) is 14.3. The number of ether oxygens (including phenoxy) is 1. The molecule has 156 valence electrons. The van der Waals surface area contributed by atoms with E-state index in [2.05, 4.69) is 5.32 Å². The molecule has 0 radical (unpaired) electrons. The van der Waals surface area contributed by atoms with Crippen LogP contribution in [0.15, 0.2) is 53.3 Å². The average molecular weight is 409 g/mol. The van der Waals surface area contributed by atoms with Gasteiger partial charge in [0.15, 0.2) is 11.9 Å². The van der Waals surface area contributed by atoms with Gasteiger partial charge < -0.3 is 10.1 Å². The predicted octanol–water partition coefficient (Wildman–Crippen LogP) is 2.50. The fourth-order valence-corrected chi connectivity index (χ4v) is 3.23. The zero-order valence-electron chi connectivity index (χ0n) is 17.0. The number of fused-ring (bicyclic) bond motifs is 1. The van der Waals surface area contributed by atoms with Crippen molar-refractivity contribution in [2.24, 2.45) is 7.05 Å². The molecule has 0 aliphatic rings. The minimum absolute atomic E-state index is 0.0600. The standard InChI is InChI=1S/C22H23N3O5/c1-14(26)16-8-4-5-9-17(16)23-21(28)15(2)30-20(27)12-13-25-19-11-7-6-10-18(19)24(3)22(25)29/h4-11,15H,12-13H2,1-3H3,(H,23,28)/t15-/m0/s1. The van der Waals surface area contributed by atoms with Gasteiger partial charge >= 0.3 is 11.7 Å². The molecule has 1 heterocycles. The zero-order chi connectivity index (χ0) is 21.8. The molecule has 0 spiro atoms. The fraction of sp³-hybridized carbons (Fsp3) is 0.273. The minimum Gasteiger partial charge on any atom is -0.452 e. The number of aromatic nitrogens is 2. The van der Waals surface area contributed by atoms with E-state index in [1.165, 1.54) is 23.0 Å². The number of esters is 1. The molecule has 3 rings (SSSR count). The highest BCUT2D eigenvalue weighted by Crippen LogP contribution is 2.16. The second-order valence-corrected chi connectivity index (χ2v) is 6.96. The second-order valence-electron chi connectivity index (χ2n) is 6.96. The summed E-state index contributed by atoms with van der Waals surface area (Å²) in [6.45, 7) is 3.00. The van der Waals surface area contributed by atoms with Gasteiger partial charge in [0.05, 0.1) is 23.1 Å². The van der Waals surface area contributed by atoms with Crippen molar-refractivity contribution < 1.29 is 19.1 Å². The first-order valence-electron chi connectivity index (χ1n) is 9.54. The van der Waals surface area contributed by atoms with Crippen LogP contribution in [0.5, 0.6) is 0 Å². The summed E-state index contributed by atoms with van der Waals surface area (Å²) in [6, 6.07) is 13.9. The van der Waals surface area contributed by atoms with Gasteiger partial charge in [0.1, 0.15) is 0 Å². The molecule has 3 aromatic rings. The van der Waals surface area contributed by atoms with E-state index in [4.69, 9.17) is 4.74 Å². The largest absolute Gasteiger partial charge is 0.452 e. The molecule has 8 nitrogen and oxygen atoms in total. The van der Waals surface area contributed by atoms with Crippen LogP contribution >= 0.6 is 0 Å². The molecule has 0 aliphatic carbocycles. The molecule has 1 amide bonds. The maximum Gasteiger partial charge on any atom is 0.328 e. The molecule has 2 aromatic carbocycles. The van der Waals surface area contributed by atoms with Gasteiger partial charge in [-0.15, -0.1) is 0 Å². The number of hydrogen-bond donors (Lipinski definition) is 1. The lowest BCUT2D eigenvalue weighted by atomic mass is 10.1. The number of nitrogens with one attached hydrogen (secondary N) is 1. The van der Waals surface area contributed by atoms with Gasteiger partial charge in [-0.1, -0.05) is 24.3 Å². The van der Waals surface area contributed by atoms with Crippen molar-refractivity contribution in [2.45, 2.75) is 32.9 Å². The van der Waals surface area contributed by atoms with Gasteiger partial charge in [0.25, 0.3) is 5.91 Å². The lowest BCUT2D eigenvalue weighted by molar-refractivity contribution is -0.153. The van der Waals surface area contributed by atoms with Crippen molar-refractivity contribution in [3.8, 4) is 0 Å². The van der Waals surface area contributed by atoms with E-state index in [-0.39, 0.29) is 24.4 Å². The van der Waals surface area contributed by atoms with Gasteiger partial charge in [-0.3, -0.25) is 23.5 Å². The van der Waals surface area contributed by atoms with Crippen LogP contribution in [0.1, 0.15) is 30.6 Å². The monoisotopic (exact) mass is 409 g/mol. The highest BCUT2D eigenvalue weighted by molar-refractivity contribution is 6.04. The summed E-state index contributed by atoms with van der Waals surface area (Å²) >= 11 is 0. The van der Waals surface area contributed by atoms with E-state index >= 15 is 0 Å². The molecule has 0 fully saturated rings. The van der Waals surface area contributed by atoms with E-state index in [1.807, 2.05) is 24.3 Å². The van der Waals surface area contributed by atoms with Crippen LogP contribution in [0.2, 0.25) is 0 Å². The fourth-order valence-electron chi connectivity index (χ4n) is 3.23. The number of imidazole rings is 1. The van der Waals surface area contributed by atoms with Gasteiger partial charge in [-0.2, -0.15) is 0 Å². The number of anilines is 1. The normalized spacial score (nSPS) is 11.8. The van der Waals surface area contributed by atoms with Crippen molar-refractivity contribution in [2.75, 3.05) is 5.32 Å². The Morgan fingerprint density at radius 3 is 2.37 bits per heavy atom. The average Bonchev–Trinajstić information content (AvgIpc) is 2.97. The summed E-state index contributed by atoms with van der Waals surface area (Å²) in [5.41, 5.74) is 2.01. The maximum atomic E-state index is 12.4. The first-order valence-corrected chi connectivity index (χ1v) is 9.54. The van der Waals surface area contributed by atoms with Gasteiger partial charge in [-0.25, -0.2) is 4.79 Å². The molecule has 0 saturated carbocycles. The number of para-hydroxylation sites is 3. The molecule has 1 atom stereocenters. The van der Waals surface area contributed by atoms with Crippen LogP contribution in [-0.4, -0.2) is 32.9 Å². The number of nitrogens with zero attached hydrogens (tertiary/aromatic N) is 2. The maximum absolute atomic E-state index is 12.4. The summed E-state index contributed by atoms with van der Waals surface area (Å²) in [7, 11) is 1.67. The molecule has 1 aromatic heterocycles. The van der Waals surface area contributed by atoms with Crippen molar-refractivity contribution >= 4 is 34.4 Å². The molecule has 8 heteroatoms. The van der Waals surface area contributed by atoms with Crippen LogP contribution in [-0.2, 0) is 27.9 Å². The molecule has 0 saturated heterocycles. The predicted molar refractivity (Wildman–Crippen MR) is 112 cm³/mol. The molecule has 0 bridgehead atoms. The number of aryl methyl sites for hydroxylation is 2. The molecule has 1 N–H and O–H groups in total. The van der Waals surface area contributed by atoms with Gasteiger partial charge in [0.2, 0.25) is 0 Å². The van der Waals surface area contributed by atoms with Gasteiger partial charge in [-0.05, 0) is 38.1 Å². The Bertz CT molecular complexity index is 1170. The highest BCUT2D eigenvalue weighted by atomic mass is 16.5. The number of Topliss-reactive ketones (excluding diaryl/α,β-unsaturated/α-hetero) is 1. The summed E-state index contributed by atoms with van der Waals surface area (Å²) < 4.78 is 8.23. The number of hydrogen-bond acceptors (Lipinski definition) is 5. The summed E-state index contributed by atoms with van der Waals surface area (Å²) in [5, 5.41) is 2.61. The minimum atomic E-state index is -1.05. The molecular formula is C22H23N3O5. The van der Waals surface area contributed by atoms with Crippen LogP contribution in [0.25, 0.3) is 11.0 Å². The van der Waals surface area contributed by atoms with Crippen molar-refractivity contribution in [1.82, 2.24) is 9.13 Å². The lowest BCUT2D eigenvalue weighted by Gasteiger charge is -2.15. The van der Waals surface area contributed by atoms with Crippen LogP contribution in [0, 0.1) is 0 Å². The quantitative estimate of drug-likeness (QED) is 0.477. The van der Waals surface area contributed by atoms with E-state index in [9.17, 15) is 19.2 Å². The third kappa shape index (κ3) is 4.32. The zero-order valence-corrected chi connectivity index (χ0v) is 17.0. The third-order valence-corrected chi connectivity index (χ3v) is 4.83. The summed E-state index contributed by atoms with van der Waals surface area (Å²) in [5.74, 6) is -1.33. The number of carbonyl (C=O) groups is 3. The number of rotatable bonds is 7. The van der Waals surface area contributed by atoms with E-state index < -0.39 is 18.0 Å². The van der Waals surface area contributed by atoms with Gasteiger partial charge in [0, 0.05) is 19.2 Å². The molecule has 0 aliphatic heterocycles. The Kier molecular flexibility index (Phi) is 6.15. The number of carbonyl (C=O) groups excluding carboxylic acids is 3. The number of benzene rings is 2. The Labute approximate surface area is 173 Å². The topological polar surface area (TPSA) is 99.4 Å². The van der Waals surface area contributed by atoms with E-state index in [0.29, 0.717) is 11.3 Å². The molecule has 0 unspecified atom stereocenters. The highest BCUT2D eigenvalue weighted by Gasteiger charge is 2.20. The lowest BCUT2D eigenvalue weighted by Crippen LogP contribution is -2.31. The number of amides is 1. The Morgan fingerprint density at radius 1 is 1.03 bits per heavy atom. The van der Waals surface area contributed by atoms with Crippen LogP contribution in [0.4, 0.5) is 5.69 Å². The van der Waals surface area contributed by atoms with E-state index in [1.54, 1.807) is 31.3 Å². The van der Waals surface area contributed by atoms with Crippen molar-refractivity contribution in [3.05, 3.63) is 64.6 Å². The summed E-state index contributed by atoms with van der Waals surface area (Å²) in [6.07, 6.45) is -1.11. The third-order valence-electron chi connectivity index (χ3n) is 4.83. The SMILES string of the molecule is CC(=O)c1ccccc1NC(=O)[C@H](C)OC(=O)CCn1c(=O)n(C)c2ccccc21. The first kappa shape index (κ1) is 21.0. The van der Waals surface area contributed by atoms with Crippen LogP contribution in [0.3, 0.4) is 0 Å². The Morgan fingerprint density at radius 2 is 1.67 bits per heavy atom. The number of ketones is 1. The van der Waals surface area contributed by atoms with Crippen molar-refractivity contribution in [3.63, 3.8) is 0 Å². The Balaban J connectivity index is 1.62. The van der Waals surface area contributed by atoms with E-state index in [0.717, 1.165) is 11.0 Å². The molecular weight excluding hydrogens is 386 g/mol. The molecule has 30 heavy (non-hydrogen) atoms. The van der Waals surface area contributed by atoms with Crippen molar-refractivity contribution in [1.29, 1.82) is 0 Å². The second kappa shape index (κ2) is 8.77. The Hall–Kier alpha value is -3.68. The summed E-state index contributed by atoms with van der Waals surface area (Å²) in [4.78, 5) is 48.7.